The largest absolute Gasteiger partial charge is 0.368 e. The van der Waals surface area contributed by atoms with Gasteiger partial charge in [0.05, 0.1) is 5.39 Å². The fourth-order valence-corrected chi connectivity index (χ4v) is 2.90. The van der Waals surface area contributed by atoms with Gasteiger partial charge in [-0.15, -0.1) is 11.3 Å². The Hall–Kier alpha value is -1.95. The number of nitrogens with zero attached hydrogens (tertiary/aromatic N) is 4. The second kappa shape index (κ2) is 4.06. The lowest BCUT2D eigenvalue weighted by atomic mass is 10.3. The van der Waals surface area contributed by atoms with E-state index in [2.05, 4.69) is 27.9 Å². The molecule has 18 heavy (non-hydrogen) atoms. The summed E-state index contributed by atoms with van der Waals surface area (Å²) >= 11 is 1.66. The third kappa shape index (κ3) is 1.65. The van der Waals surface area contributed by atoms with Crippen molar-refractivity contribution < 1.29 is 0 Å². The van der Waals surface area contributed by atoms with Crippen molar-refractivity contribution in [3.05, 3.63) is 29.2 Å². The maximum absolute atomic E-state index is 5.78. The molecular weight excluding hydrogens is 246 g/mol. The van der Waals surface area contributed by atoms with E-state index in [9.17, 15) is 0 Å². The molecule has 3 aromatic heterocycles. The van der Waals surface area contributed by atoms with E-state index >= 15 is 0 Å². The summed E-state index contributed by atoms with van der Waals surface area (Å²) < 4.78 is 1.94. The van der Waals surface area contributed by atoms with Gasteiger partial charge in [-0.3, -0.25) is 4.57 Å². The predicted octanol–water partition coefficient (Wildman–Crippen LogP) is 2.33. The van der Waals surface area contributed by atoms with Crippen molar-refractivity contribution in [1.82, 2.24) is 19.5 Å². The van der Waals surface area contributed by atoms with E-state index < -0.39 is 0 Å². The molecule has 0 fully saturated rings. The maximum Gasteiger partial charge on any atom is 0.223 e. The first-order valence-electron chi connectivity index (χ1n) is 5.75. The van der Waals surface area contributed by atoms with E-state index in [1.54, 1.807) is 17.5 Å². The first-order chi connectivity index (χ1) is 8.69. The summed E-state index contributed by atoms with van der Waals surface area (Å²) in [6.07, 6.45) is 4.63. The van der Waals surface area contributed by atoms with Gasteiger partial charge in [-0.1, -0.05) is 6.92 Å². The standard InChI is InChI=1S/C12H13N5S/c1-3-8-6-9-10(17-5-4-14-7(17)2)15-12(13)16-11(9)18-8/h4-6H,3H2,1-2H3,(H2,13,15,16). The highest BCUT2D eigenvalue weighted by atomic mass is 32.1. The molecule has 6 heteroatoms. The van der Waals surface area contributed by atoms with Crippen LogP contribution in [0.4, 0.5) is 5.95 Å². The van der Waals surface area contributed by atoms with Crippen molar-refractivity contribution in [2.24, 2.45) is 0 Å². The molecule has 0 aliphatic heterocycles. The van der Waals surface area contributed by atoms with Gasteiger partial charge in [0.2, 0.25) is 5.95 Å². The van der Waals surface area contributed by atoms with Gasteiger partial charge in [0, 0.05) is 17.3 Å². The number of imidazole rings is 1. The van der Waals surface area contributed by atoms with Crippen molar-refractivity contribution in [2.75, 3.05) is 5.73 Å². The van der Waals surface area contributed by atoms with Crippen LogP contribution in [0.2, 0.25) is 0 Å². The van der Waals surface area contributed by atoms with Crippen LogP contribution in [0, 0.1) is 6.92 Å². The molecular formula is C12H13N5S. The molecule has 0 unspecified atom stereocenters. The number of anilines is 1. The molecule has 0 aromatic carbocycles. The summed E-state index contributed by atoms with van der Waals surface area (Å²) in [5.74, 6) is 2.00. The van der Waals surface area contributed by atoms with Crippen molar-refractivity contribution in [2.45, 2.75) is 20.3 Å². The number of aryl methyl sites for hydroxylation is 2. The van der Waals surface area contributed by atoms with Crippen molar-refractivity contribution in [3.8, 4) is 5.82 Å². The second-order valence-electron chi connectivity index (χ2n) is 4.03. The van der Waals surface area contributed by atoms with Gasteiger partial charge >= 0.3 is 0 Å². The number of thiophene rings is 1. The van der Waals surface area contributed by atoms with E-state index in [0.29, 0.717) is 5.95 Å². The summed E-state index contributed by atoms with van der Waals surface area (Å²) in [6, 6.07) is 2.13. The first kappa shape index (κ1) is 11.2. The zero-order valence-electron chi connectivity index (χ0n) is 10.2. The molecule has 5 nitrogen and oxygen atoms in total. The molecule has 0 spiro atoms. The van der Waals surface area contributed by atoms with Crippen LogP contribution in [0.25, 0.3) is 16.0 Å². The highest BCUT2D eigenvalue weighted by molar-refractivity contribution is 7.18. The number of hydrogen-bond acceptors (Lipinski definition) is 5. The van der Waals surface area contributed by atoms with Crippen LogP contribution in [-0.4, -0.2) is 19.5 Å². The summed E-state index contributed by atoms with van der Waals surface area (Å²) in [7, 11) is 0. The van der Waals surface area contributed by atoms with Gasteiger partial charge < -0.3 is 5.73 Å². The monoisotopic (exact) mass is 259 g/mol. The minimum atomic E-state index is 0.301. The van der Waals surface area contributed by atoms with Crippen molar-refractivity contribution >= 4 is 27.5 Å². The lowest BCUT2D eigenvalue weighted by Gasteiger charge is -2.05. The summed E-state index contributed by atoms with van der Waals surface area (Å²) in [6.45, 7) is 4.07. The average molecular weight is 259 g/mol. The van der Waals surface area contributed by atoms with Crippen LogP contribution in [0.3, 0.4) is 0 Å². The third-order valence-corrected chi connectivity index (χ3v) is 4.02. The summed E-state index contributed by atoms with van der Waals surface area (Å²) in [5.41, 5.74) is 5.78. The highest BCUT2D eigenvalue weighted by Crippen LogP contribution is 2.29. The fraction of sp³-hybridized carbons (Fsp3) is 0.250. The van der Waals surface area contributed by atoms with Gasteiger partial charge in [0.15, 0.2) is 5.82 Å². The van der Waals surface area contributed by atoms with Gasteiger partial charge in [0.1, 0.15) is 10.7 Å². The highest BCUT2D eigenvalue weighted by Gasteiger charge is 2.12. The number of fused-ring (bicyclic) bond motifs is 1. The quantitative estimate of drug-likeness (QED) is 0.766. The smallest absolute Gasteiger partial charge is 0.223 e. The Morgan fingerprint density at radius 3 is 2.89 bits per heavy atom. The van der Waals surface area contributed by atoms with Crippen molar-refractivity contribution in [1.29, 1.82) is 0 Å². The Bertz CT molecular complexity index is 712. The van der Waals surface area contributed by atoms with Gasteiger partial charge in [-0.25, -0.2) is 9.97 Å². The SMILES string of the molecule is CCc1cc2c(-n3ccnc3C)nc(N)nc2s1. The van der Waals surface area contributed by atoms with Crippen LogP contribution < -0.4 is 5.73 Å². The molecule has 0 aliphatic carbocycles. The van der Waals surface area contributed by atoms with E-state index in [1.807, 2.05) is 17.7 Å². The van der Waals surface area contributed by atoms with E-state index in [1.165, 1.54) is 4.88 Å². The summed E-state index contributed by atoms with van der Waals surface area (Å²) in [5, 5.41) is 1.03. The van der Waals surface area contributed by atoms with Crippen molar-refractivity contribution in [3.63, 3.8) is 0 Å². The van der Waals surface area contributed by atoms with Gasteiger partial charge in [-0.05, 0) is 19.4 Å². The van der Waals surface area contributed by atoms with E-state index in [-0.39, 0.29) is 0 Å². The Labute approximate surface area is 108 Å². The lowest BCUT2D eigenvalue weighted by Crippen LogP contribution is -2.03. The third-order valence-electron chi connectivity index (χ3n) is 2.84. The zero-order chi connectivity index (χ0) is 12.7. The summed E-state index contributed by atoms with van der Waals surface area (Å²) in [4.78, 5) is 15.1. The van der Waals surface area contributed by atoms with E-state index in [4.69, 9.17) is 5.73 Å². The molecule has 0 aliphatic rings. The van der Waals surface area contributed by atoms with Gasteiger partial charge in [-0.2, -0.15) is 4.98 Å². The Morgan fingerprint density at radius 1 is 1.39 bits per heavy atom. The molecule has 0 atom stereocenters. The number of nitrogen functional groups attached to an aromatic ring is 1. The number of hydrogen-bond donors (Lipinski definition) is 1. The Morgan fingerprint density at radius 2 is 2.22 bits per heavy atom. The minimum absolute atomic E-state index is 0.301. The number of aromatic nitrogens is 4. The normalized spacial score (nSPS) is 11.2. The van der Waals surface area contributed by atoms with Crippen LogP contribution >= 0.6 is 11.3 Å². The Kier molecular flexibility index (Phi) is 2.52. The Balaban J connectivity index is 2.34. The maximum atomic E-state index is 5.78. The predicted molar refractivity (Wildman–Crippen MR) is 73.1 cm³/mol. The fourth-order valence-electron chi connectivity index (χ4n) is 1.93. The first-order valence-corrected chi connectivity index (χ1v) is 6.57. The number of nitrogens with two attached hydrogens (primary N) is 1. The zero-order valence-corrected chi connectivity index (χ0v) is 11.0. The molecule has 0 saturated carbocycles. The minimum Gasteiger partial charge on any atom is -0.368 e. The van der Waals surface area contributed by atoms with E-state index in [0.717, 1.165) is 28.3 Å². The number of rotatable bonds is 2. The molecule has 0 saturated heterocycles. The second-order valence-corrected chi connectivity index (χ2v) is 5.15. The topological polar surface area (TPSA) is 69.6 Å². The van der Waals surface area contributed by atoms with Crippen LogP contribution in [0.15, 0.2) is 18.5 Å². The molecule has 2 N–H and O–H groups in total. The molecule has 3 heterocycles. The lowest BCUT2D eigenvalue weighted by molar-refractivity contribution is 0.940. The molecule has 3 aromatic rings. The van der Waals surface area contributed by atoms with Crippen LogP contribution in [-0.2, 0) is 6.42 Å². The molecule has 0 amide bonds. The molecule has 3 rings (SSSR count). The molecule has 0 bridgehead atoms. The van der Waals surface area contributed by atoms with Gasteiger partial charge in [0.25, 0.3) is 0 Å². The molecule has 0 radical (unpaired) electrons. The molecule has 92 valence electrons. The van der Waals surface area contributed by atoms with Crippen LogP contribution in [0.5, 0.6) is 0 Å². The van der Waals surface area contributed by atoms with Crippen LogP contribution in [0.1, 0.15) is 17.6 Å². The average Bonchev–Trinajstić information content (AvgIpc) is 2.93.